The molecule has 0 atom stereocenters. The van der Waals surface area contributed by atoms with E-state index in [0.717, 1.165) is 77.7 Å². The maximum absolute atomic E-state index is 12.5. The summed E-state index contributed by atoms with van der Waals surface area (Å²) in [5.74, 6) is 0.737. The van der Waals surface area contributed by atoms with Gasteiger partial charge in [-0.15, -0.1) is 0 Å². The molecule has 2 N–H and O–H groups in total. The molecular weight excluding hydrogens is 512 g/mol. The number of halogens is 1. The van der Waals surface area contributed by atoms with Crippen molar-refractivity contribution in [1.29, 1.82) is 5.26 Å². The number of benzene rings is 2. The van der Waals surface area contributed by atoms with Gasteiger partial charge in [0.2, 0.25) is 5.91 Å². The summed E-state index contributed by atoms with van der Waals surface area (Å²) < 4.78 is 1.02. The second-order valence-electron chi connectivity index (χ2n) is 10.2. The number of rotatable bonds is 6. The highest BCUT2D eigenvalue weighted by Crippen LogP contribution is 2.28. The van der Waals surface area contributed by atoms with Crippen LogP contribution in [0.4, 0.5) is 0 Å². The number of H-pyrrole nitrogens is 1. The first-order valence-corrected chi connectivity index (χ1v) is 13.9. The molecule has 5 nitrogen and oxygen atoms in total. The monoisotopic (exact) mass is 544 g/mol. The molecule has 0 bridgehead atoms. The quantitative estimate of drug-likeness (QED) is 0.375. The minimum absolute atomic E-state index is 0.00788. The van der Waals surface area contributed by atoms with Crippen molar-refractivity contribution in [3.05, 3.63) is 75.4 Å². The number of nitrogens with one attached hydrogen (secondary N) is 2. The predicted octanol–water partition coefficient (Wildman–Crippen LogP) is 5.98. The summed E-state index contributed by atoms with van der Waals surface area (Å²) in [7, 11) is 0. The van der Waals surface area contributed by atoms with Gasteiger partial charge in [0.05, 0.1) is 17.1 Å². The SMILES string of the molecule is N#Cc1ccc2c(c1)CCN(CCC1CCC(NC(=O)/C=C/c3c[nH]c4c(Br)cccc34)CC1)CC2. The Balaban J connectivity index is 1.04. The summed E-state index contributed by atoms with van der Waals surface area (Å²) >= 11 is 3.56. The summed E-state index contributed by atoms with van der Waals surface area (Å²) in [6.07, 6.45) is 13.3. The average Bonchev–Trinajstić information content (AvgIpc) is 3.21. The topological polar surface area (TPSA) is 71.9 Å². The van der Waals surface area contributed by atoms with Crippen molar-refractivity contribution in [3.8, 4) is 6.07 Å². The summed E-state index contributed by atoms with van der Waals surface area (Å²) in [6.45, 7) is 3.32. The zero-order valence-electron chi connectivity index (χ0n) is 20.6. The van der Waals surface area contributed by atoms with Crippen LogP contribution in [0.5, 0.6) is 0 Å². The van der Waals surface area contributed by atoms with E-state index in [1.54, 1.807) is 6.08 Å². The third-order valence-electron chi connectivity index (χ3n) is 7.89. The lowest BCUT2D eigenvalue weighted by atomic mass is 9.84. The fraction of sp³-hybridized carbons (Fsp3) is 0.400. The minimum atomic E-state index is -0.00788. The molecule has 2 aromatic carbocycles. The van der Waals surface area contributed by atoms with Crippen molar-refractivity contribution < 1.29 is 4.79 Å². The molecule has 2 aliphatic rings. The van der Waals surface area contributed by atoms with Gasteiger partial charge < -0.3 is 15.2 Å². The largest absolute Gasteiger partial charge is 0.360 e. The van der Waals surface area contributed by atoms with Crippen LogP contribution < -0.4 is 5.32 Å². The standard InChI is InChI=1S/C30H33BrN4O/c31-28-3-1-2-27-25(20-33-30(27)28)8-11-29(36)34-26-9-5-21(6-10-26)12-15-35-16-13-23-7-4-22(19-32)18-24(23)14-17-35/h1-4,7-8,11,18,20-21,26,33H,5-6,9-10,12-17H2,(H,34,36)/b11-8+. The van der Waals surface area contributed by atoms with Crippen LogP contribution in [0.25, 0.3) is 17.0 Å². The molecule has 1 saturated carbocycles. The first kappa shape index (κ1) is 24.8. The van der Waals surface area contributed by atoms with Gasteiger partial charge >= 0.3 is 0 Å². The fourth-order valence-electron chi connectivity index (χ4n) is 5.72. The first-order valence-electron chi connectivity index (χ1n) is 13.1. The number of fused-ring (bicyclic) bond motifs is 2. The van der Waals surface area contributed by atoms with Crippen molar-refractivity contribution >= 4 is 38.8 Å². The van der Waals surface area contributed by atoms with E-state index in [-0.39, 0.29) is 11.9 Å². The van der Waals surface area contributed by atoms with Crippen LogP contribution >= 0.6 is 15.9 Å². The third-order valence-corrected chi connectivity index (χ3v) is 8.55. The number of aromatic amines is 1. The van der Waals surface area contributed by atoms with Crippen LogP contribution in [-0.2, 0) is 17.6 Å². The Hall–Kier alpha value is -2.88. The number of carbonyl (C=O) groups excluding carboxylic acids is 1. The van der Waals surface area contributed by atoms with Crippen molar-refractivity contribution in [3.63, 3.8) is 0 Å². The number of hydrogen-bond acceptors (Lipinski definition) is 3. The Morgan fingerprint density at radius 3 is 2.75 bits per heavy atom. The molecule has 186 valence electrons. The highest BCUT2D eigenvalue weighted by molar-refractivity contribution is 9.10. The summed E-state index contributed by atoms with van der Waals surface area (Å²) in [5.41, 5.74) is 5.59. The fourth-order valence-corrected chi connectivity index (χ4v) is 6.20. The molecule has 36 heavy (non-hydrogen) atoms. The molecule has 0 radical (unpaired) electrons. The number of aromatic nitrogens is 1. The number of nitrogens with zero attached hydrogens (tertiary/aromatic N) is 2. The second kappa shape index (κ2) is 11.5. The van der Waals surface area contributed by atoms with Crippen LogP contribution in [0.15, 0.2) is 53.1 Å². The molecular formula is C30H33BrN4O. The van der Waals surface area contributed by atoms with Gasteiger partial charge in [0.15, 0.2) is 0 Å². The molecule has 3 aromatic rings. The van der Waals surface area contributed by atoms with Crippen molar-refractivity contribution in [1.82, 2.24) is 15.2 Å². The normalized spacial score (nSPS) is 20.7. The van der Waals surface area contributed by atoms with Crippen molar-refractivity contribution in [2.24, 2.45) is 5.92 Å². The van der Waals surface area contributed by atoms with Crippen LogP contribution in [0.3, 0.4) is 0 Å². The van der Waals surface area contributed by atoms with E-state index >= 15 is 0 Å². The summed E-state index contributed by atoms with van der Waals surface area (Å²) in [5, 5.41) is 13.5. The summed E-state index contributed by atoms with van der Waals surface area (Å²) in [6, 6.07) is 14.8. The van der Waals surface area contributed by atoms with E-state index in [2.05, 4.69) is 55.4 Å². The first-order chi connectivity index (χ1) is 17.6. The lowest BCUT2D eigenvalue weighted by Gasteiger charge is -2.30. The molecule has 6 heteroatoms. The third kappa shape index (κ3) is 5.91. The Kier molecular flexibility index (Phi) is 7.89. The van der Waals surface area contributed by atoms with Gasteiger partial charge in [0.1, 0.15) is 0 Å². The van der Waals surface area contributed by atoms with E-state index in [1.807, 2.05) is 30.5 Å². The maximum Gasteiger partial charge on any atom is 0.244 e. The Labute approximate surface area is 221 Å². The molecule has 1 aliphatic carbocycles. The van der Waals surface area contributed by atoms with Crippen LogP contribution in [0, 0.1) is 17.2 Å². The number of carbonyl (C=O) groups is 1. The lowest BCUT2D eigenvalue weighted by Crippen LogP contribution is -2.37. The van der Waals surface area contributed by atoms with Crippen LogP contribution in [0.1, 0.15) is 54.4 Å². The Morgan fingerprint density at radius 1 is 1.14 bits per heavy atom. The van der Waals surface area contributed by atoms with Gasteiger partial charge in [-0.1, -0.05) is 18.2 Å². The molecule has 1 amide bonds. The summed E-state index contributed by atoms with van der Waals surface area (Å²) in [4.78, 5) is 18.4. The van der Waals surface area contributed by atoms with Crippen molar-refractivity contribution in [2.45, 2.75) is 51.0 Å². The van der Waals surface area contributed by atoms with Gasteiger partial charge in [-0.05, 0) is 114 Å². The van der Waals surface area contributed by atoms with Gasteiger partial charge in [0, 0.05) is 41.3 Å². The van der Waals surface area contributed by atoms with Crippen LogP contribution in [-0.4, -0.2) is 41.5 Å². The smallest absolute Gasteiger partial charge is 0.244 e. The molecule has 0 spiro atoms. The highest BCUT2D eigenvalue weighted by atomic mass is 79.9. The molecule has 1 fully saturated rings. The molecule has 5 rings (SSSR count). The van der Waals surface area contributed by atoms with Gasteiger partial charge in [-0.25, -0.2) is 0 Å². The molecule has 0 unspecified atom stereocenters. The van der Waals surface area contributed by atoms with Crippen LogP contribution in [0.2, 0.25) is 0 Å². The minimum Gasteiger partial charge on any atom is -0.360 e. The second-order valence-corrected chi connectivity index (χ2v) is 11.0. The Morgan fingerprint density at radius 2 is 1.94 bits per heavy atom. The lowest BCUT2D eigenvalue weighted by molar-refractivity contribution is -0.117. The number of para-hydroxylation sites is 1. The number of amides is 1. The molecule has 1 aliphatic heterocycles. The van der Waals surface area contributed by atoms with E-state index in [0.29, 0.717) is 0 Å². The van der Waals surface area contributed by atoms with E-state index in [4.69, 9.17) is 0 Å². The van der Waals surface area contributed by atoms with Gasteiger partial charge in [-0.3, -0.25) is 4.79 Å². The van der Waals surface area contributed by atoms with E-state index < -0.39 is 0 Å². The van der Waals surface area contributed by atoms with Gasteiger partial charge in [0.25, 0.3) is 0 Å². The highest BCUT2D eigenvalue weighted by Gasteiger charge is 2.23. The predicted molar refractivity (Wildman–Crippen MR) is 149 cm³/mol. The van der Waals surface area contributed by atoms with Gasteiger partial charge in [-0.2, -0.15) is 5.26 Å². The molecule has 2 heterocycles. The van der Waals surface area contributed by atoms with Crippen molar-refractivity contribution in [2.75, 3.05) is 19.6 Å². The average molecular weight is 546 g/mol. The number of hydrogen-bond donors (Lipinski definition) is 2. The maximum atomic E-state index is 12.5. The zero-order valence-corrected chi connectivity index (χ0v) is 22.2. The zero-order chi connectivity index (χ0) is 24.9. The van der Waals surface area contributed by atoms with E-state index in [1.165, 1.54) is 30.4 Å². The Bertz CT molecular complexity index is 1300. The molecule has 1 aromatic heterocycles. The van der Waals surface area contributed by atoms with E-state index in [9.17, 15) is 10.1 Å². The molecule has 0 saturated heterocycles. The number of nitriles is 1.